The molecule has 2 aliphatic heterocycles. The van der Waals surface area contributed by atoms with Crippen molar-refractivity contribution in [3.8, 4) is 0 Å². The summed E-state index contributed by atoms with van der Waals surface area (Å²) in [4.78, 5) is 33.4. The lowest BCUT2D eigenvalue weighted by atomic mass is 10.1. The first kappa shape index (κ1) is 17.8. The number of fused-ring (bicyclic) bond motifs is 1. The summed E-state index contributed by atoms with van der Waals surface area (Å²) in [5, 5.41) is 3.69. The number of anilines is 2. The van der Waals surface area contributed by atoms with Gasteiger partial charge >= 0.3 is 0 Å². The van der Waals surface area contributed by atoms with Crippen molar-refractivity contribution in [3.05, 3.63) is 52.7 Å². The maximum absolute atomic E-state index is 12.9. The number of carbonyl (C=O) groups excluding carboxylic acids is 2. The molecule has 0 bridgehead atoms. The van der Waals surface area contributed by atoms with Crippen LogP contribution in [0.1, 0.15) is 35.7 Å². The van der Waals surface area contributed by atoms with E-state index in [1.165, 1.54) is 0 Å². The Labute approximate surface area is 163 Å². The van der Waals surface area contributed by atoms with E-state index in [0.717, 1.165) is 24.9 Å². The molecule has 140 valence electrons. The van der Waals surface area contributed by atoms with Gasteiger partial charge in [0.05, 0.1) is 24.3 Å². The molecular weight excluding hydrogens is 364 g/mol. The summed E-state index contributed by atoms with van der Waals surface area (Å²) in [6.07, 6.45) is 3.64. The summed E-state index contributed by atoms with van der Waals surface area (Å²) in [5.41, 5.74) is 2.12. The van der Waals surface area contributed by atoms with E-state index in [1.54, 1.807) is 29.3 Å². The van der Waals surface area contributed by atoms with Crippen LogP contribution in [0.25, 0.3) is 0 Å². The number of aromatic nitrogens is 1. The molecule has 0 saturated carbocycles. The number of hydrogen-bond donors (Lipinski definition) is 1. The van der Waals surface area contributed by atoms with E-state index >= 15 is 0 Å². The third-order valence-electron chi connectivity index (χ3n) is 5.18. The van der Waals surface area contributed by atoms with Crippen LogP contribution in [0.4, 0.5) is 11.5 Å². The second kappa shape index (κ2) is 7.19. The Hall–Kier alpha value is -2.60. The van der Waals surface area contributed by atoms with Gasteiger partial charge in [0.15, 0.2) is 5.82 Å². The highest BCUT2D eigenvalue weighted by Gasteiger charge is 2.29. The highest BCUT2D eigenvalue weighted by Crippen LogP contribution is 2.31. The number of halogens is 1. The van der Waals surface area contributed by atoms with Gasteiger partial charge in [-0.3, -0.25) is 9.59 Å². The third kappa shape index (κ3) is 3.49. The first-order chi connectivity index (χ1) is 13.0. The number of carbonyl (C=O) groups is 2. The van der Waals surface area contributed by atoms with Gasteiger partial charge < -0.3 is 15.1 Å². The average Bonchev–Trinajstić information content (AvgIpc) is 3.10. The lowest BCUT2D eigenvalue weighted by Gasteiger charge is -2.30. The zero-order valence-corrected chi connectivity index (χ0v) is 15.9. The summed E-state index contributed by atoms with van der Waals surface area (Å²) in [6.45, 7) is 3.42. The molecular formula is C20H21ClN4O2. The van der Waals surface area contributed by atoms with Crippen LogP contribution in [0.5, 0.6) is 0 Å². The minimum atomic E-state index is -0.0570. The Kier molecular flexibility index (Phi) is 4.74. The minimum absolute atomic E-state index is 0.0280. The Morgan fingerprint density at radius 2 is 2.11 bits per heavy atom. The SMILES string of the molecule is CC1CCCN1C(=O)c1cnc2c(c1)N(Cc1ccc(Cl)cc1)C(=O)CN2. The number of benzene rings is 1. The summed E-state index contributed by atoms with van der Waals surface area (Å²) < 4.78 is 0. The standard InChI is InChI=1S/C20H21ClN4O2/c1-13-3-2-8-24(13)20(27)15-9-17-19(22-10-15)23-11-18(26)25(17)12-14-4-6-16(21)7-5-14/h4-7,9-10,13H,2-3,8,11-12H2,1H3,(H,22,23). The van der Waals surface area contributed by atoms with Gasteiger partial charge in [0.1, 0.15) is 0 Å². The fourth-order valence-corrected chi connectivity index (χ4v) is 3.77. The molecule has 2 aromatic rings. The van der Waals surface area contributed by atoms with Gasteiger partial charge in [-0.1, -0.05) is 23.7 Å². The highest BCUT2D eigenvalue weighted by molar-refractivity contribution is 6.30. The number of nitrogens with zero attached hydrogens (tertiary/aromatic N) is 3. The van der Waals surface area contributed by atoms with Gasteiger partial charge in [-0.2, -0.15) is 0 Å². The molecule has 2 amide bonds. The number of likely N-dealkylation sites (tertiary alicyclic amines) is 1. The normalized spacial score (nSPS) is 19.0. The van der Waals surface area contributed by atoms with Crippen molar-refractivity contribution >= 4 is 34.9 Å². The average molecular weight is 385 g/mol. The minimum Gasteiger partial charge on any atom is -0.359 e. The quantitative estimate of drug-likeness (QED) is 0.881. The zero-order chi connectivity index (χ0) is 19.0. The van der Waals surface area contributed by atoms with Gasteiger partial charge in [-0.15, -0.1) is 0 Å². The Balaban J connectivity index is 1.65. The van der Waals surface area contributed by atoms with Crippen molar-refractivity contribution in [2.75, 3.05) is 23.3 Å². The largest absolute Gasteiger partial charge is 0.359 e. The second-order valence-corrected chi connectivity index (χ2v) is 7.48. The summed E-state index contributed by atoms with van der Waals surface area (Å²) >= 11 is 5.95. The van der Waals surface area contributed by atoms with E-state index < -0.39 is 0 Å². The van der Waals surface area contributed by atoms with Gasteiger partial charge in [0.2, 0.25) is 5.91 Å². The predicted octanol–water partition coefficient (Wildman–Crippen LogP) is 3.32. The zero-order valence-electron chi connectivity index (χ0n) is 15.1. The molecule has 6 nitrogen and oxygen atoms in total. The molecule has 3 heterocycles. The summed E-state index contributed by atoms with van der Waals surface area (Å²) in [5.74, 6) is 0.535. The molecule has 0 radical (unpaired) electrons. The van der Waals surface area contributed by atoms with Crippen molar-refractivity contribution in [1.82, 2.24) is 9.88 Å². The monoisotopic (exact) mass is 384 g/mol. The van der Waals surface area contributed by atoms with Gasteiger partial charge in [-0.25, -0.2) is 4.98 Å². The van der Waals surface area contributed by atoms with Crippen LogP contribution in [-0.2, 0) is 11.3 Å². The summed E-state index contributed by atoms with van der Waals surface area (Å²) in [6, 6.07) is 9.40. The molecule has 1 fully saturated rings. The topological polar surface area (TPSA) is 65.5 Å². The van der Waals surface area contributed by atoms with Crippen LogP contribution in [0, 0.1) is 0 Å². The molecule has 4 rings (SSSR count). The van der Waals surface area contributed by atoms with E-state index in [-0.39, 0.29) is 24.4 Å². The molecule has 1 N–H and O–H groups in total. The van der Waals surface area contributed by atoms with Crippen LogP contribution in [-0.4, -0.2) is 40.8 Å². The molecule has 0 spiro atoms. The van der Waals surface area contributed by atoms with Gasteiger partial charge in [-0.05, 0) is 43.5 Å². The maximum atomic E-state index is 12.9. The molecule has 1 saturated heterocycles. The van der Waals surface area contributed by atoms with Crippen LogP contribution in [0.2, 0.25) is 5.02 Å². The predicted molar refractivity (Wildman–Crippen MR) is 105 cm³/mol. The molecule has 1 aromatic carbocycles. The second-order valence-electron chi connectivity index (χ2n) is 7.04. The van der Waals surface area contributed by atoms with E-state index in [9.17, 15) is 9.59 Å². The van der Waals surface area contributed by atoms with Crippen molar-refractivity contribution in [2.24, 2.45) is 0 Å². The van der Waals surface area contributed by atoms with Crippen LogP contribution in [0.15, 0.2) is 36.5 Å². The van der Waals surface area contributed by atoms with Crippen molar-refractivity contribution in [1.29, 1.82) is 0 Å². The lowest BCUT2D eigenvalue weighted by molar-refractivity contribution is -0.117. The van der Waals surface area contributed by atoms with E-state index in [2.05, 4.69) is 17.2 Å². The molecule has 0 aliphatic carbocycles. The van der Waals surface area contributed by atoms with Crippen molar-refractivity contribution in [3.63, 3.8) is 0 Å². The molecule has 27 heavy (non-hydrogen) atoms. The number of hydrogen-bond acceptors (Lipinski definition) is 4. The number of rotatable bonds is 3. The van der Waals surface area contributed by atoms with E-state index in [0.29, 0.717) is 28.6 Å². The number of pyridine rings is 1. The smallest absolute Gasteiger partial charge is 0.255 e. The van der Waals surface area contributed by atoms with Crippen molar-refractivity contribution < 1.29 is 9.59 Å². The number of nitrogens with one attached hydrogen (secondary N) is 1. The fourth-order valence-electron chi connectivity index (χ4n) is 3.65. The van der Waals surface area contributed by atoms with Crippen LogP contribution in [0.3, 0.4) is 0 Å². The fraction of sp³-hybridized carbons (Fsp3) is 0.350. The third-order valence-corrected chi connectivity index (χ3v) is 5.43. The lowest BCUT2D eigenvalue weighted by Crippen LogP contribution is -2.40. The molecule has 1 unspecified atom stereocenters. The first-order valence-corrected chi connectivity index (χ1v) is 9.50. The van der Waals surface area contributed by atoms with Crippen LogP contribution >= 0.6 is 11.6 Å². The Morgan fingerprint density at radius 1 is 1.33 bits per heavy atom. The van der Waals surface area contributed by atoms with E-state index in [4.69, 9.17) is 11.6 Å². The maximum Gasteiger partial charge on any atom is 0.255 e. The molecule has 7 heteroatoms. The highest BCUT2D eigenvalue weighted by atomic mass is 35.5. The Morgan fingerprint density at radius 3 is 2.81 bits per heavy atom. The van der Waals surface area contributed by atoms with Crippen LogP contribution < -0.4 is 10.2 Å². The van der Waals surface area contributed by atoms with Gasteiger partial charge in [0.25, 0.3) is 5.91 Å². The summed E-state index contributed by atoms with van der Waals surface area (Å²) in [7, 11) is 0. The molecule has 1 atom stereocenters. The first-order valence-electron chi connectivity index (χ1n) is 9.12. The van der Waals surface area contributed by atoms with E-state index in [1.807, 2.05) is 17.0 Å². The number of amides is 2. The van der Waals surface area contributed by atoms with Gasteiger partial charge in [0, 0.05) is 23.8 Å². The van der Waals surface area contributed by atoms with Crippen molar-refractivity contribution in [2.45, 2.75) is 32.4 Å². The molecule has 2 aliphatic rings. The Bertz CT molecular complexity index is 884. The molecule has 1 aromatic heterocycles.